The second kappa shape index (κ2) is 5.56. The summed E-state index contributed by atoms with van der Waals surface area (Å²) in [5.74, 6) is -0.215. The summed E-state index contributed by atoms with van der Waals surface area (Å²) < 4.78 is 0. The molecule has 3 N–H and O–H groups in total. The summed E-state index contributed by atoms with van der Waals surface area (Å²) >= 11 is 0. The van der Waals surface area contributed by atoms with E-state index in [0.717, 1.165) is 19.5 Å². The zero-order chi connectivity index (χ0) is 7.11. The Bertz CT molecular complexity index is 83.1. The van der Waals surface area contributed by atoms with Gasteiger partial charge in [-0.1, -0.05) is 6.92 Å². The Hall–Kier alpha value is -0.570. The molecular weight excluding hydrogens is 116 g/mol. The number of rotatable bonds is 5. The van der Waals surface area contributed by atoms with Crippen LogP contribution in [0.3, 0.4) is 0 Å². The van der Waals surface area contributed by atoms with Gasteiger partial charge in [0.25, 0.3) is 0 Å². The number of hydrogen-bond acceptors (Lipinski definition) is 2. The van der Waals surface area contributed by atoms with Gasteiger partial charge >= 0.3 is 0 Å². The Morgan fingerprint density at radius 2 is 2.33 bits per heavy atom. The van der Waals surface area contributed by atoms with E-state index in [0.29, 0.717) is 6.42 Å². The third-order valence-electron chi connectivity index (χ3n) is 1.03. The molecule has 0 aliphatic rings. The van der Waals surface area contributed by atoms with Crippen molar-refractivity contribution < 1.29 is 4.79 Å². The minimum Gasteiger partial charge on any atom is -0.370 e. The summed E-state index contributed by atoms with van der Waals surface area (Å²) in [5, 5.41) is 3.10. The SMILES string of the molecule is CCNCCCC(N)=O. The molecule has 0 aromatic heterocycles. The zero-order valence-electron chi connectivity index (χ0n) is 5.81. The Morgan fingerprint density at radius 3 is 2.78 bits per heavy atom. The third-order valence-corrected chi connectivity index (χ3v) is 1.03. The first kappa shape index (κ1) is 8.43. The minimum absolute atomic E-state index is 0.215. The zero-order valence-corrected chi connectivity index (χ0v) is 5.81. The normalized spacial score (nSPS) is 9.44. The largest absolute Gasteiger partial charge is 0.370 e. The van der Waals surface area contributed by atoms with Gasteiger partial charge in [-0.3, -0.25) is 4.79 Å². The van der Waals surface area contributed by atoms with Crippen LogP contribution in [0.25, 0.3) is 0 Å². The van der Waals surface area contributed by atoms with Crippen LogP contribution >= 0.6 is 0 Å². The van der Waals surface area contributed by atoms with E-state index in [1.807, 2.05) is 6.92 Å². The van der Waals surface area contributed by atoms with E-state index in [-0.39, 0.29) is 5.91 Å². The number of hydrogen-bond donors (Lipinski definition) is 2. The van der Waals surface area contributed by atoms with Crippen molar-refractivity contribution in [3.05, 3.63) is 0 Å². The monoisotopic (exact) mass is 130 g/mol. The molecule has 0 saturated carbocycles. The van der Waals surface area contributed by atoms with Crippen LogP contribution in [0, 0.1) is 0 Å². The lowest BCUT2D eigenvalue weighted by Gasteiger charge is -1.96. The highest BCUT2D eigenvalue weighted by atomic mass is 16.1. The molecule has 1 amide bonds. The van der Waals surface area contributed by atoms with Gasteiger partial charge in [-0.25, -0.2) is 0 Å². The fraction of sp³-hybridized carbons (Fsp3) is 0.833. The quantitative estimate of drug-likeness (QED) is 0.509. The average molecular weight is 130 g/mol. The van der Waals surface area contributed by atoms with Crippen molar-refractivity contribution in [2.75, 3.05) is 13.1 Å². The van der Waals surface area contributed by atoms with E-state index in [9.17, 15) is 4.79 Å². The Kier molecular flexibility index (Phi) is 5.21. The molecule has 0 aliphatic carbocycles. The molecule has 0 saturated heterocycles. The average Bonchev–Trinajstić information content (AvgIpc) is 1.80. The molecule has 0 fully saturated rings. The van der Waals surface area contributed by atoms with E-state index in [2.05, 4.69) is 5.32 Å². The van der Waals surface area contributed by atoms with E-state index < -0.39 is 0 Å². The Morgan fingerprint density at radius 1 is 1.67 bits per heavy atom. The molecule has 0 atom stereocenters. The van der Waals surface area contributed by atoms with Gasteiger partial charge in [0.1, 0.15) is 0 Å². The van der Waals surface area contributed by atoms with Gasteiger partial charge < -0.3 is 11.1 Å². The van der Waals surface area contributed by atoms with E-state index in [4.69, 9.17) is 5.73 Å². The molecule has 0 bridgehead atoms. The maximum atomic E-state index is 10.2. The van der Waals surface area contributed by atoms with Crippen molar-refractivity contribution in [1.82, 2.24) is 5.32 Å². The Balaban J connectivity index is 2.83. The van der Waals surface area contributed by atoms with Crippen LogP contribution in [-0.4, -0.2) is 19.0 Å². The molecule has 3 heteroatoms. The van der Waals surface area contributed by atoms with E-state index in [1.54, 1.807) is 0 Å². The summed E-state index contributed by atoms with van der Waals surface area (Å²) in [6, 6.07) is 0. The molecule has 0 rings (SSSR count). The lowest BCUT2D eigenvalue weighted by Crippen LogP contribution is -2.17. The summed E-state index contributed by atoms with van der Waals surface area (Å²) in [4.78, 5) is 10.2. The maximum absolute atomic E-state index is 10.2. The third kappa shape index (κ3) is 7.43. The number of nitrogens with one attached hydrogen (secondary N) is 1. The summed E-state index contributed by atoms with van der Waals surface area (Å²) in [6.45, 7) is 3.88. The van der Waals surface area contributed by atoms with Gasteiger partial charge in [-0.05, 0) is 19.5 Å². The standard InChI is InChI=1S/C6H14N2O/c1-2-8-5-3-4-6(7)9/h8H,2-5H2,1H3,(H2,7,9). The predicted molar refractivity (Wildman–Crippen MR) is 37.0 cm³/mol. The summed E-state index contributed by atoms with van der Waals surface area (Å²) in [5.41, 5.74) is 4.91. The molecule has 0 aromatic rings. The molecule has 0 aliphatic heterocycles. The molecular formula is C6H14N2O. The topological polar surface area (TPSA) is 55.1 Å². The van der Waals surface area contributed by atoms with Crippen LogP contribution in [-0.2, 0) is 4.79 Å². The number of primary amides is 1. The molecule has 0 unspecified atom stereocenters. The van der Waals surface area contributed by atoms with Crippen molar-refractivity contribution in [1.29, 1.82) is 0 Å². The van der Waals surface area contributed by atoms with Crippen molar-refractivity contribution in [2.45, 2.75) is 19.8 Å². The second-order valence-corrected chi connectivity index (χ2v) is 1.92. The fourth-order valence-electron chi connectivity index (χ4n) is 0.564. The van der Waals surface area contributed by atoms with Gasteiger partial charge in [0.05, 0.1) is 0 Å². The molecule has 3 nitrogen and oxygen atoms in total. The number of carbonyl (C=O) groups excluding carboxylic acids is 1. The van der Waals surface area contributed by atoms with Gasteiger partial charge in [0, 0.05) is 6.42 Å². The van der Waals surface area contributed by atoms with Gasteiger partial charge in [-0.2, -0.15) is 0 Å². The molecule has 0 radical (unpaired) electrons. The highest BCUT2D eigenvalue weighted by molar-refractivity contribution is 5.73. The number of amides is 1. The van der Waals surface area contributed by atoms with Crippen molar-refractivity contribution in [2.24, 2.45) is 5.73 Å². The summed E-state index contributed by atoms with van der Waals surface area (Å²) in [6.07, 6.45) is 1.34. The first-order valence-electron chi connectivity index (χ1n) is 3.26. The fourth-order valence-corrected chi connectivity index (χ4v) is 0.564. The molecule has 0 heterocycles. The first-order chi connectivity index (χ1) is 4.27. The van der Waals surface area contributed by atoms with Gasteiger partial charge in [0.15, 0.2) is 0 Å². The predicted octanol–water partition coefficient (Wildman–Crippen LogP) is -0.139. The van der Waals surface area contributed by atoms with Crippen LogP contribution in [0.1, 0.15) is 19.8 Å². The molecule has 0 aromatic carbocycles. The molecule has 0 spiro atoms. The van der Waals surface area contributed by atoms with E-state index in [1.165, 1.54) is 0 Å². The lowest BCUT2D eigenvalue weighted by atomic mass is 10.3. The molecule has 9 heavy (non-hydrogen) atoms. The highest BCUT2D eigenvalue weighted by Crippen LogP contribution is 1.82. The molecule has 54 valence electrons. The van der Waals surface area contributed by atoms with Crippen molar-refractivity contribution in [3.63, 3.8) is 0 Å². The van der Waals surface area contributed by atoms with Crippen LogP contribution < -0.4 is 11.1 Å². The maximum Gasteiger partial charge on any atom is 0.217 e. The van der Waals surface area contributed by atoms with Gasteiger partial charge in [-0.15, -0.1) is 0 Å². The van der Waals surface area contributed by atoms with Crippen LogP contribution in [0.4, 0.5) is 0 Å². The van der Waals surface area contributed by atoms with Crippen molar-refractivity contribution in [3.8, 4) is 0 Å². The van der Waals surface area contributed by atoms with Crippen LogP contribution in [0.5, 0.6) is 0 Å². The Labute approximate surface area is 55.6 Å². The second-order valence-electron chi connectivity index (χ2n) is 1.92. The van der Waals surface area contributed by atoms with Crippen LogP contribution in [0.15, 0.2) is 0 Å². The van der Waals surface area contributed by atoms with Crippen LogP contribution in [0.2, 0.25) is 0 Å². The summed E-state index contributed by atoms with van der Waals surface area (Å²) in [7, 11) is 0. The number of carbonyl (C=O) groups is 1. The van der Waals surface area contributed by atoms with E-state index >= 15 is 0 Å². The van der Waals surface area contributed by atoms with Gasteiger partial charge in [0.2, 0.25) is 5.91 Å². The lowest BCUT2D eigenvalue weighted by molar-refractivity contribution is -0.118. The highest BCUT2D eigenvalue weighted by Gasteiger charge is 1.91. The van der Waals surface area contributed by atoms with Crippen molar-refractivity contribution >= 4 is 5.91 Å². The number of nitrogens with two attached hydrogens (primary N) is 1. The smallest absolute Gasteiger partial charge is 0.217 e. The minimum atomic E-state index is -0.215. The first-order valence-corrected chi connectivity index (χ1v) is 3.26.